The molecule has 66 valence electrons. The number of hydrogen-bond donors (Lipinski definition) is 1. The quantitative estimate of drug-likeness (QED) is 0.647. The lowest BCUT2D eigenvalue weighted by Crippen LogP contribution is -2.02. The van der Waals surface area contributed by atoms with Crippen LogP contribution in [0.1, 0.15) is 12.8 Å². The van der Waals surface area contributed by atoms with E-state index in [0.717, 1.165) is 24.0 Å². The van der Waals surface area contributed by atoms with Gasteiger partial charge in [0.2, 0.25) is 0 Å². The van der Waals surface area contributed by atoms with Crippen LogP contribution in [0.2, 0.25) is 0 Å². The monoisotopic (exact) mass is 166 g/mol. The van der Waals surface area contributed by atoms with E-state index in [4.69, 9.17) is 4.74 Å². The van der Waals surface area contributed by atoms with E-state index < -0.39 is 0 Å². The summed E-state index contributed by atoms with van der Waals surface area (Å²) < 4.78 is 5.00. The summed E-state index contributed by atoms with van der Waals surface area (Å²) in [5.41, 5.74) is 1.86. The molecule has 2 heteroatoms. The maximum Gasteiger partial charge on any atom is 0.115 e. The summed E-state index contributed by atoms with van der Waals surface area (Å²) in [5.74, 6) is 0.640. The highest BCUT2D eigenvalue weighted by Crippen LogP contribution is 2.31. The van der Waals surface area contributed by atoms with Gasteiger partial charge in [-0.2, -0.15) is 0 Å². The molecule has 0 heterocycles. The molecule has 0 bridgehead atoms. The van der Waals surface area contributed by atoms with Gasteiger partial charge in [-0.05, 0) is 24.0 Å². The van der Waals surface area contributed by atoms with Crippen LogP contribution in [-0.4, -0.2) is 18.3 Å². The first kappa shape index (κ1) is 9.07. The minimum absolute atomic E-state index is 0.385. The van der Waals surface area contributed by atoms with E-state index >= 15 is 0 Å². The molecule has 1 unspecified atom stereocenters. The van der Waals surface area contributed by atoms with Crippen LogP contribution in [0.5, 0.6) is 0 Å². The molecule has 2 nitrogen and oxygen atoms in total. The molecule has 1 N–H and O–H groups in total. The molecule has 0 aromatic carbocycles. The smallest absolute Gasteiger partial charge is 0.115 e. The van der Waals surface area contributed by atoms with Crippen molar-refractivity contribution in [3.8, 4) is 0 Å². The SMILES string of the molecule is C=CC1=C(C(=C)OC)CCC1O. The van der Waals surface area contributed by atoms with Gasteiger partial charge >= 0.3 is 0 Å². The molecule has 1 atom stereocenters. The highest BCUT2D eigenvalue weighted by Gasteiger charge is 2.23. The summed E-state index contributed by atoms with van der Waals surface area (Å²) in [6, 6.07) is 0. The third-order valence-electron chi connectivity index (χ3n) is 2.18. The van der Waals surface area contributed by atoms with Crippen molar-refractivity contribution in [1.82, 2.24) is 0 Å². The summed E-state index contributed by atoms with van der Waals surface area (Å²) in [5, 5.41) is 9.48. The van der Waals surface area contributed by atoms with Gasteiger partial charge in [0.25, 0.3) is 0 Å². The normalized spacial score (nSPS) is 22.7. The lowest BCUT2D eigenvalue weighted by atomic mass is 10.1. The zero-order valence-corrected chi connectivity index (χ0v) is 7.34. The van der Waals surface area contributed by atoms with Gasteiger partial charge in [-0.1, -0.05) is 19.2 Å². The predicted molar refractivity (Wildman–Crippen MR) is 48.6 cm³/mol. The molecule has 0 spiro atoms. The fraction of sp³-hybridized carbons (Fsp3) is 0.400. The van der Waals surface area contributed by atoms with E-state index in [2.05, 4.69) is 13.2 Å². The number of aliphatic hydroxyl groups excluding tert-OH is 1. The maximum atomic E-state index is 9.48. The molecule has 0 aromatic rings. The summed E-state index contributed by atoms with van der Waals surface area (Å²) >= 11 is 0. The Kier molecular flexibility index (Phi) is 2.71. The zero-order chi connectivity index (χ0) is 9.14. The average molecular weight is 166 g/mol. The van der Waals surface area contributed by atoms with E-state index in [1.54, 1.807) is 13.2 Å². The van der Waals surface area contributed by atoms with Crippen molar-refractivity contribution in [3.63, 3.8) is 0 Å². The minimum Gasteiger partial charge on any atom is -0.497 e. The van der Waals surface area contributed by atoms with Crippen molar-refractivity contribution in [1.29, 1.82) is 0 Å². The molecule has 0 aliphatic heterocycles. The standard InChI is InChI=1S/C10H14O2/c1-4-8-9(7(2)12-3)5-6-10(8)11/h4,10-11H,1-2,5-6H2,3H3. The highest BCUT2D eigenvalue weighted by molar-refractivity contribution is 5.41. The van der Waals surface area contributed by atoms with E-state index in [-0.39, 0.29) is 6.10 Å². The first-order chi connectivity index (χ1) is 5.70. The fourth-order valence-corrected chi connectivity index (χ4v) is 1.46. The lowest BCUT2D eigenvalue weighted by molar-refractivity contribution is 0.215. The van der Waals surface area contributed by atoms with Crippen molar-refractivity contribution in [3.05, 3.63) is 36.1 Å². The van der Waals surface area contributed by atoms with E-state index in [0.29, 0.717) is 5.76 Å². The molecule has 0 fully saturated rings. The van der Waals surface area contributed by atoms with Crippen LogP contribution in [0.15, 0.2) is 36.1 Å². The van der Waals surface area contributed by atoms with Gasteiger partial charge in [-0.25, -0.2) is 0 Å². The maximum absolute atomic E-state index is 9.48. The first-order valence-corrected chi connectivity index (χ1v) is 3.97. The Hall–Kier alpha value is -1.02. The Morgan fingerprint density at radius 3 is 2.92 bits per heavy atom. The third kappa shape index (κ3) is 1.43. The second-order valence-electron chi connectivity index (χ2n) is 2.82. The van der Waals surface area contributed by atoms with Crippen molar-refractivity contribution in [2.24, 2.45) is 0 Å². The van der Waals surface area contributed by atoms with Crippen LogP contribution in [-0.2, 0) is 4.74 Å². The minimum atomic E-state index is -0.385. The van der Waals surface area contributed by atoms with Gasteiger partial charge in [0.15, 0.2) is 0 Å². The van der Waals surface area contributed by atoms with Gasteiger partial charge in [-0.15, -0.1) is 0 Å². The second-order valence-corrected chi connectivity index (χ2v) is 2.82. The first-order valence-electron chi connectivity index (χ1n) is 3.97. The number of rotatable bonds is 3. The zero-order valence-electron chi connectivity index (χ0n) is 7.34. The van der Waals surface area contributed by atoms with E-state index in [1.165, 1.54) is 0 Å². The number of ether oxygens (including phenoxy) is 1. The number of hydrogen-bond acceptors (Lipinski definition) is 2. The van der Waals surface area contributed by atoms with Crippen LogP contribution in [0, 0.1) is 0 Å². The summed E-state index contributed by atoms with van der Waals surface area (Å²) in [4.78, 5) is 0. The third-order valence-corrected chi connectivity index (χ3v) is 2.18. The molecule has 12 heavy (non-hydrogen) atoms. The van der Waals surface area contributed by atoms with Gasteiger partial charge in [-0.3, -0.25) is 0 Å². The van der Waals surface area contributed by atoms with E-state index in [1.807, 2.05) is 0 Å². The van der Waals surface area contributed by atoms with Crippen molar-refractivity contribution in [2.45, 2.75) is 18.9 Å². The Morgan fingerprint density at radius 2 is 2.42 bits per heavy atom. The van der Waals surface area contributed by atoms with Crippen LogP contribution >= 0.6 is 0 Å². The Morgan fingerprint density at radius 1 is 1.75 bits per heavy atom. The molecule has 1 aliphatic carbocycles. The molecule has 1 rings (SSSR count). The largest absolute Gasteiger partial charge is 0.497 e. The Labute approximate surface area is 72.9 Å². The lowest BCUT2D eigenvalue weighted by Gasteiger charge is -2.07. The van der Waals surface area contributed by atoms with Gasteiger partial charge < -0.3 is 9.84 Å². The van der Waals surface area contributed by atoms with Crippen molar-refractivity contribution < 1.29 is 9.84 Å². The fourth-order valence-electron chi connectivity index (χ4n) is 1.46. The molecular formula is C10H14O2. The van der Waals surface area contributed by atoms with E-state index in [9.17, 15) is 5.11 Å². The average Bonchev–Trinajstić information content (AvgIpc) is 2.45. The van der Waals surface area contributed by atoms with Gasteiger partial charge in [0, 0.05) is 0 Å². The Balaban J connectivity index is 2.92. The predicted octanol–water partition coefficient (Wildman–Crippen LogP) is 1.78. The van der Waals surface area contributed by atoms with Crippen LogP contribution in [0.25, 0.3) is 0 Å². The molecule has 1 aliphatic rings. The molecule has 0 saturated heterocycles. The van der Waals surface area contributed by atoms with Crippen LogP contribution < -0.4 is 0 Å². The number of methoxy groups -OCH3 is 1. The molecule has 0 amide bonds. The molecule has 0 saturated carbocycles. The molecular weight excluding hydrogens is 152 g/mol. The van der Waals surface area contributed by atoms with Crippen molar-refractivity contribution >= 4 is 0 Å². The van der Waals surface area contributed by atoms with Crippen LogP contribution in [0.3, 0.4) is 0 Å². The second kappa shape index (κ2) is 3.59. The highest BCUT2D eigenvalue weighted by atomic mass is 16.5. The number of allylic oxidation sites excluding steroid dienone is 1. The summed E-state index contributed by atoms with van der Waals surface area (Å²) in [7, 11) is 1.58. The molecule has 0 radical (unpaired) electrons. The summed E-state index contributed by atoms with van der Waals surface area (Å²) in [6.45, 7) is 7.39. The molecule has 0 aromatic heterocycles. The van der Waals surface area contributed by atoms with Crippen LogP contribution in [0.4, 0.5) is 0 Å². The van der Waals surface area contributed by atoms with Gasteiger partial charge in [0.1, 0.15) is 5.76 Å². The Bertz CT molecular complexity index is 238. The topological polar surface area (TPSA) is 29.5 Å². The summed E-state index contributed by atoms with van der Waals surface area (Å²) in [6.07, 6.45) is 2.87. The number of aliphatic hydroxyl groups is 1. The van der Waals surface area contributed by atoms with Crippen molar-refractivity contribution in [2.75, 3.05) is 7.11 Å². The van der Waals surface area contributed by atoms with Gasteiger partial charge in [0.05, 0.1) is 13.2 Å².